The van der Waals surface area contributed by atoms with Crippen LogP contribution in [0.5, 0.6) is 0 Å². The Balaban J connectivity index is 2.68. The number of carbonyl (C=O) groups excluding carboxylic acids is 1. The molecule has 1 aromatic rings. The molecule has 0 aromatic heterocycles. The predicted molar refractivity (Wildman–Crippen MR) is 75.1 cm³/mol. The summed E-state index contributed by atoms with van der Waals surface area (Å²) in [5.41, 5.74) is 8.12. The number of nitrogens with zero attached hydrogens (tertiary/aromatic N) is 1. The van der Waals surface area contributed by atoms with Gasteiger partial charge in [-0.05, 0) is 17.9 Å². The Kier molecular flexibility index (Phi) is 4.52. The Morgan fingerprint density at radius 2 is 1.78 bits per heavy atom. The zero-order valence-corrected chi connectivity index (χ0v) is 12.0. The van der Waals surface area contributed by atoms with Crippen molar-refractivity contribution in [2.75, 3.05) is 7.05 Å². The fraction of sp³-hybridized carbons (Fsp3) is 0.533. The van der Waals surface area contributed by atoms with E-state index in [4.69, 9.17) is 5.73 Å². The van der Waals surface area contributed by atoms with Gasteiger partial charge in [0.15, 0.2) is 0 Å². The molecular formula is C15H24N2O. The molecule has 3 heteroatoms. The smallest absolute Gasteiger partial charge is 0.240 e. The summed E-state index contributed by atoms with van der Waals surface area (Å²) < 4.78 is 0. The third-order valence-electron chi connectivity index (χ3n) is 3.12. The van der Waals surface area contributed by atoms with Crippen LogP contribution in [0.1, 0.15) is 31.9 Å². The molecule has 0 saturated heterocycles. The van der Waals surface area contributed by atoms with Crippen molar-refractivity contribution in [2.24, 2.45) is 11.1 Å². The second kappa shape index (κ2) is 5.53. The predicted octanol–water partition coefficient (Wildman–Crippen LogP) is 2.33. The first-order valence-corrected chi connectivity index (χ1v) is 6.28. The van der Waals surface area contributed by atoms with Crippen molar-refractivity contribution < 1.29 is 4.79 Å². The Morgan fingerprint density at radius 3 is 2.22 bits per heavy atom. The van der Waals surface area contributed by atoms with Crippen molar-refractivity contribution in [3.63, 3.8) is 0 Å². The van der Waals surface area contributed by atoms with Gasteiger partial charge in [-0.2, -0.15) is 0 Å². The molecule has 2 N–H and O–H groups in total. The molecule has 1 aromatic carbocycles. The van der Waals surface area contributed by atoms with Gasteiger partial charge in [0, 0.05) is 13.6 Å². The van der Waals surface area contributed by atoms with Crippen molar-refractivity contribution in [3.05, 3.63) is 35.4 Å². The summed E-state index contributed by atoms with van der Waals surface area (Å²) >= 11 is 0. The standard InChI is InChI=1S/C15H24N2O/c1-11-6-8-12(9-7-11)10-17(5)14(18)13(16)15(2,3)4/h6-9,13H,10,16H2,1-5H3/t13-/m1/s1. The third-order valence-corrected chi connectivity index (χ3v) is 3.12. The molecule has 0 radical (unpaired) electrons. The summed E-state index contributed by atoms with van der Waals surface area (Å²) in [5.74, 6) is -0.0110. The molecule has 100 valence electrons. The van der Waals surface area contributed by atoms with Gasteiger partial charge in [0.25, 0.3) is 0 Å². The van der Waals surface area contributed by atoms with Crippen molar-refractivity contribution >= 4 is 5.91 Å². The van der Waals surface area contributed by atoms with E-state index in [-0.39, 0.29) is 11.3 Å². The van der Waals surface area contributed by atoms with Gasteiger partial charge in [-0.25, -0.2) is 0 Å². The van der Waals surface area contributed by atoms with Gasteiger partial charge >= 0.3 is 0 Å². The van der Waals surface area contributed by atoms with Crippen LogP contribution in [0, 0.1) is 12.3 Å². The second-order valence-electron chi connectivity index (χ2n) is 6.02. The fourth-order valence-electron chi connectivity index (χ4n) is 1.65. The molecule has 0 saturated carbocycles. The lowest BCUT2D eigenvalue weighted by atomic mass is 9.86. The van der Waals surface area contributed by atoms with Gasteiger partial charge in [0.05, 0.1) is 6.04 Å². The highest BCUT2D eigenvalue weighted by molar-refractivity contribution is 5.82. The lowest BCUT2D eigenvalue weighted by Gasteiger charge is -2.30. The van der Waals surface area contributed by atoms with E-state index in [1.165, 1.54) is 5.56 Å². The third kappa shape index (κ3) is 3.84. The number of rotatable bonds is 3. The summed E-state index contributed by atoms with van der Waals surface area (Å²) in [4.78, 5) is 13.9. The lowest BCUT2D eigenvalue weighted by Crippen LogP contribution is -2.48. The maximum atomic E-state index is 12.2. The molecule has 0 bridgehead atoms. The van der Waals surface area contributed by atoms with E-state index in [2.05, 4.69) is 12.1 Å². The van der Waals surface area contributed by atoms with E-state index < -0.39 is 6.04 Å². The number of likely N-dealkylation sites (N-methyl/N-ethyl adjacent to an activating group) is 1. The summed E-state index contributed by atoms with van der Waals surface area (Å²) in [7, 11) is 1.80. The SMILES string of the molecule is Cc1ccc(CN(C)C(=O)[C@@H](N)C(C)(C)C)cc1. The molecule has 18 heavy (non-hydrogen) atoms. The van der Waals surface area contributed by atoms with E-state index in [0.29, 0.717) is 6.54 Å². The summed E-state index contributed by atoms with van der Waals surface area (Å²) in [6.07, 6.45) is 0. The normalized spacial score (nSPS) is 13.2. The molecule has 1 rings (SSSR count). The Labute approximate surface area is 110 Å². The summed E-state index contributed by atoms with van der Waals surface area (Å²) in [5, 5.41) is 0. The largest absolute Gasteiger partial charge is 0.340 e. The van der Waals surface area contributed by atoms with Crippen LogP contribution in [0.25, 0.3) is 0 Å². The average Bonchev–Trinajstić information content (AvgIpc) is 2.29. The number of carbonyl (C=O) groups is 1. The minimum absolute atomic E-state index is 0.0110. The van der Waals surface area contributed by atoms with E-state index in [0.717, 1.165) is 5.56 Å². The van der Waals surface area contributed by atoms with Gasteiger partial charge in [-0.15, -0.1) is 0 Å². The number of hydrogen-bond donors (Lipinski definition) is 1. The van der Waals surface area contributed by atoms with Crippen LogP contribution in [-0.4, -0.2) is 23.9 Å². The molecule has 3 nitrogen and oxygen atoms in total. The van der Waals surface area contributed by atoms with Crippen LogP contribution in [0.3, 0.4) is 0 Å². The molecular weight excluding hydrogens is 224 g/mol. The highest BCUT2D eigenvalue weighted by Gasteiger charge is 2.29. The molecule has 0 aliphatic carbocycles. The molecule has 0 unspecified atom stereocenters. The number of benzene rings is 1. The number of aryl methyl sites for hydroxylation is 1. The Morgan fingerprint density at radius 1 is 1.28 bits per heavy atom. The van der Waals surface area contributed by atoms with Crippen LogP contribution >= 0.6 is 0 Å². The van der Waals surface area contributed by atoms with Crippen molar-refractivity contribution in [2.45, 2.75) is 40.3 Å². The number of amides is 1. The van der Waals surface area contributed by atoms with Gasteiger partial charge in [0.1, 0.15) is 0 Å². The van der Waals surface area contributed by atoms with E-state index in [9.17, 15) is 4.79 Å². The maximum Gasteiger partial charge on any atom is 0.240 e. The fourth-order valence-corrected chi connectivity index (χ4v) is 1.65. The number of hydrogen-bond acceptors (Lipinski definition) is 2. The van der Waals surface area contributed by atoms with Crippen molar-refractivity contribution in [3.8, 4) is 0 Å². The topological polar surface area (TPSA) is 46.3 Å². The van der Waals surface area contributed by atoms with Crippen LogP contribution in [-0.2, 0) is 11.3 Å². The molecule has 1 amide bonds. The minimum atomic E-state index is -0.465. The maximum absolute atomic E-state index is 12.2. The van der Waals surface area contributed by atoms with Crippen LogP contribution in [0.2, 0.25) is 0 Å². The molecule has 0 heterocycles. The average molecular weight is 248 g/mol. The van der Waals surface area contributed by atoms with Crippen LogP contribution in [0.4, 0.5) is 0 Å². The lowest BCUT2D eigenvalue weighted by molar-refractivity contribution is -0.134. The van der Waals surface area contributed by atoms with Crippen LogP contribution < -0.4 is 5.73 Å². The van der Waals surface area contributed by atoms with Gasteiger partial charge in [0.2, 0.25) is 5.91 Å². The highest BCUT2D eigenvalue weighted by Crippen LogP contribution is 2.19. The molecule has 0 aliphatic rings. The Bertz CT molecular complexity index is 403. The summed E-state index contributed by atoms with van der Waals surface area (Å²) in [6, 6.07) is 7.73. The second-order valence-corrected chi connectivity index (χ2v) is 6.02. The molecule has 0 aliphatic heterocycles. The van der Waals surface area contributed by atoms with E-state index in [1.807, 2.05) is 39.8 Å². The van der Waals surface area contributed by atoms with E-state index in [1.54, 1.807) is 11.9 Å². The molecule has 0 fully saturated rings. The zero-order chi connectivity index (χ0) is 13.9. The first-order chi connectivity index (χ1) is 8.21. The Hall–Kier alpha value is -1.35. The number of nitrogens with two attached hydrogens (primary N) is 1. The highest BCUT2D eigenvalue weighted by atomic mass is 16.2. The van der Waals surface area contributed by atoms with Crippen molar-refractivity contribution in [1.82, 2.24) is 4.90 Å². The quantitative estimate of drug-likeness (QED) is 0.892. The molecule has 1 atom stereocenters. The van der Waals surface area contributed by atoms with Crippen molar-refractivity contribution in [1.29, 1.82) is 0 Å². The first-order valence-electron chi connectivity index (χ1n) is 6.28. The van der Waals surface area contributed by atoms with Crippen LogP contribution in [0.15, 0.2) is 24.3 Å². The summed E-state index contributed by atoms with van der Waals surface area (Å²) in [6.45, 7) is 8.59. The monoisotopic (exact) mass is 248 g/mol. The van der Waals surface area contributed by atoms with Gasteiger partial charge in [-0.3, -0.25) is 4.79 Å². The van der Waals surface area contributed by atoms with Gasteiger partial charge in [-0.1, -0.05) is 50.6 Å². The van der Waals surface area contributed by atoms with E-state index >= 15 is 0 Å². The molecule has 0 spiro atoms. The minimum Gasteiger partial charge on any atom is -0.340 e. The van der Waals surface area contributed by atoms with Gasteiger partial charge < -0.3 is 10.6 Å². The zero-order valence-electron chi connectivity index (χ0n) is 12.0. The first kappa shape index (κ1) is 14.7.